The molecule has 9 heteroatoms. The first-order chi connectivity index (χ1) is 13.0. The molecular weight excluding hydrogens is 393 g/mol. The Labute approximate surface area is 158 Å². The van der Waals surface area contributed by atoms with Gasteiger partial charge in [-0.2, -0.15) is 13.2 Å². The number of aryl methyl sites for hydroxylation is 1. The van der Waals surface area contributed by atoms with E-state index in [9.17, 15) is 26.4 Å². The summed E-state index contributed by atoms with van der Waals surface area (Å²) < 4.78 is 68.6. The van der Waals surface area contributed by atoms with Crippen LogP contribution in [-0.2, 0) is 23.2 Å². The van der Waals surface area contributed by atoms with Crippen molar-refractivity contribution in [2.45, 2.75) is 11.1 Å². The van der Waals surface area contributed by atoms with Gasteiger partial charge in [0.25, 0.3) is 15.6 Å². The Morgan fingerprint density at radius 1 is 1.07 bits per heavy atom. The zero-order valence-electron chi connectivity index (χ0n) is 14.4. The second-order valence-electron chi connectivity index (χ2n) is 5.96. The summed E-state index contributed by atoms with van der Waals surface area (Å²) in [5.41, 5.74) is -1.32. The molecule has 0 bridgehead atoms. The number of terminal acetylenes is 1. The molecule has 0 aliphatic heterocycles. The normalized spacial score (nSPS) is 12.0. The van der Waals surface area contributed by atoms with E-state index in [4.69, 9.17) is 6.42 Å². The number of rotatable bonds is 3. The molecule has 0 amide bonds. The Morgan fingerprint density at radius 2 is 1.71 bits per heavy atom. The average molecular weight is 406 g/mol. The lowest BCUT2D eigenvalue weighted by molar-refractivity contribution is -0.136. The zero-order chi connectivity index (χ0) is 20.7. The van der Waals surface area contributed by atoms with E-state index in [2.05, 4.69) is 10.6 Å². The average Bonchev–Trinajstić information content (AvgIpc) is 2.63. The number of fused-ring (bicyclic) bond motifs is 1. The van der Waals surface area contributed by atoms with Crippen LogP contribution in [-0.4, -0.2) is 13.0 Å². The number of nitrogens with one attached hydrogen (secondary N) is 1. The van der Waals surface area contributed by atoms with Crippen LogP contribution in [0.15, 0.2) is 58.2 Å². The van der Waals surface area contributed by atoms with Crippen LogP contribution in [0.5, 0.6) is 0 Å². The minimum atomic E-state index is -4.81. The van der Waals surface area contributed by atoms with Gasteiger partial charge in [-0.3, -0.25) is 9.52 Å². The Morgan fingerprint density at radius 3 is 2.29 bits per heavy atom. The van der Waals surface area contributed by atoms with Gasteiger partial charge in [-0.1, -0.05) is 5.92 Å². The van der Waals surface area contributed by atoms with Gasteiger partial charge < -0.3 is 4.57 Å². The Hall–Kier alpha value is -3.25. The van der Waals surface area contributed by atoms with E-state index in [0.717, 1.165) is 16.7 Å². The fourth-order valence-electron chi connectivity index (χ4n) is 2.69. The van der Waals surface area contributed by atoms with E-state index < -0.39 is 27.3 Å². The number of anilines is 1. The molecule has 28 heavy (non-hydrogen) atoms. The molecule has 0 saturated carbocycles. The number of nitrogens with zero attached hydrogens (tertiary/aromatic N) is 1. The van der Waals surface area contributed by atoms with Crippen LogP contribution >= 0.6 is 0 Å². The number of halogens is 3. The minimum Gasteiger partial charge on any atom is -0.311 e. The maximum absolute atomic E-state index is 13.3. The molecule has 0 aliphatic carbocycles. The molecular formula is C19H13F3N2O3S. The maximum atomic E-state index is 13.3. The Balaban J connectivity index is 2.13. The van der Waals surface area contributed by atoms with Crippen LogP contribution < -0.4 is 10.3 Å². The summed E-state index contributed by atoms with van der Waals surface area (Å²) >= 11 is 0. The molecule has 0 spiro atoms. The molecule has 0 atom stereocenters. The summed E-state index contributed by atoms with van der Waals surface area (Å²) in [7, 11) is -2.86. The van der Waals surface area contributed by atoms with Gasteiger partial charge in [0.05, 0.1) is 16.0 Å². The van der Waals surface area contributed by atoms with Crippen molar-refractivity contribution in [2.75, 3.05) is 4.72 Å². The van der Waals surface area contributed by atoms with Gasteiger partial charge in [-0.15, -0.1) is 6.42 Å². The number of aromatic nitrogens is 1. The van der Waals surface area contributed by atoms with Crippen LogP contribution in [0.2, 0.25) is 0 Å². The SMILES string of the molecule is C#Cc1ccc(NS(=O)(=O)c2ccc3c(c2)c(C(F)(F)F)cc(=O)n3C)cc1. The second-order valence-corrected chi connectivity index (χ2v) is 7.64. The standard InChI is InChI=1S/C19H13F3N2O3S/c1-3-12-4-6-13(7-5-12)23-28(26,27)14-8-9-17-15(10-14)16(19(20,21)22)11-18(25)24(17)2/h1,4-11,23H,2H3. The number of benzene rings is 2. The Bertz CT molecular complexity index is 1270. The molecule has 3 rings (SSSR count). The molecule has 0 saturated heterocycles. The number of alkyl halides is 3. The van der Waals surface area contributed by atoms with E-state index in [1.807, 2.05) is 0 Å². The lowest BCUT2D eigenvalue weighted by Gasteiger charge is -2.14. The molecule has 3 aromatic rings. The van der Waals surface area contributed by atoms with Crippen molar-refractivity contribution in [1.29, 1.82) is 0 Å². The Kier molecular flexibility index (Phi) is 4.69. The maximum Gasteiger partial charge on any atom is 0.417 e. The topological polar surface area (TPSA) is 68.2 Å². The molecule has 1 N–H and O–H groups in total. The number of sulfonamides is 1. The fraction of sp³-hybridized carbons (Fsp3) is 0.105. The van der Waals surface area contributed by atoms with Crippen molar-refractivity contribution >= 4 is 26.6 Å². The predicted octanol–water partition coefficient (Wildman–Crippen LogP) is 3.34. The summed E-state index contributed by atoms with van der Waals surface area (Å²) in [6.45, 7) is 0. The highest BCUT2D eigenvalue weighted by Gasteiger charge is 2.34. The summed E-state index contributed by atoms with van der Waals surface area (Å²) in [6.07, 6.45) is 0.425. The smallest absolute Gasteiger partial charge is 0.311 e. The number of pyridine rings is 1. The summed E-state index contributed by atoms with van der Waals surface area (Å²) in [5.74, 6) is 2.39. The van der Waals surface area contributed by atoms with Gasteiger partial charge >= 0.3 is 6.18 Å². The van der Waals surface area contributed by atoms with Gasteiger partial charge in [0.1, 0.15) is 0 Å². The van der Waals surface area contributed by atoms with Crippen molar-refractivity contribution in [3.8, 4) is 12.3 Å². The predicted molar refractivity (Wildman–Crippen MR) is 99.4 cm³/mol. The van der Waals surface area contributed by atoms with E-state index in [-0.39, 0.29) is 21.5 Å². The lowest BCUT2D eigenvalue weighted by Crippen LogP contribution is -2.21. The van der Waals surface area contributed by atoms with Crippen LogP contribution in [0.4, 0.5) is 18.9 Å². The van der Waals surface area contributed by atoms with E-state index in [1.165, 1.54) is 37.4 Å². The first kappa shape index (κ1) is 19.5. The van der Waals surface area contributed by atoms with Gasteiger partial charge in [0, 0.05) is 29.8 Å². The highest BCUT2D eigenvalue weighted by molar-refractivity contribution is 7.92. The molecule has 0 fully saturated rings. The molecule has 0 unspecified atom stereocenters. The van der Waals surface area contributed by atoms with E-state index in [1.54, 1.807) is 0 Å². The van der Waals surface area contributed by atoms with Crippen LogP contribution in [0.3, 0.4) is 0 Å². The van der Waals surface area contributed by atoms with Crippen molar-refractivity contribution in [1.82, 2.24) is 4.57 Å². The lowest BCUT2D eigenvalue weighted by atomic mass is 10.1. The highest BCUT2D eigenvalue weighted by atomic mass is 32.2. The quantitative estimate of drug-likeness (QED) is 0.679. The van der Waals surface area contributed by atoms with Crippen LogP contribution in [0, 0.1) is 12.3 Å². The van der Waals surface area contributed by atoms with Crippen molar-refractivity contribution < 1.29 is 21.6 Å². The van der Waals surface area contributed by atoms with Crippen molar-refractivity contribution in [3.05, 3.63) is 70.0 Å². The van der Waals surface area contributed by atoms with Gasteiger partial charge in [-0.25, -0.2) is 8.42 Å². The van der Waals surface area contributed by atoms with E-state index >= 15 is 0 Å². The van der Waals surface area contributed by atoms with Gasteiger partial charge in [0.15, 0.2) is 0 Å². The molecule has 144 valence electrons. The molecule has 1 heterocycles. The number of hydrogen-bond acceptors (Lipinski definition) is 3. The minimum absolute atomic E-state index is 0.0304. The largest absolute Gasteiger partial charge is 0.417 e. The summed E-state index contributed by atoms with van der Waals surface area (Å²) in [6, 6.07) is 9.59. The molecule has 1 aromatic heterocycles. The molecule has 0 aliphatic rings. The molecule has 5 nitrogen and oxygen atoms in total. The van der Waals surface area contributed by atoms with Gasteiger partial charge in [0.2, 0.25) is 0 Å². The number of hydrogen-bond donors (Lipinski definition) is 1. The molecule has 2 aromatic carbocycles. The van der Waals surface area contributed by atoms with Crippen LogP contribution in [0.25, 0.3) is 10.9 Å². The second kappa shape index (κ2) is 6.73. The molecule has 0 radical (unpaired) electrons. The third-order valence-corrected chi connectivity index (χ3v) is 5.52. The zero-order valence-corrected chi connectivity index (χ0v) is 15.2. The highest BCUT2D eigenvalue weighted by Crippen LogP contribution is 2.34. The first-order valence-corrected chi connectivity index (χ1v) is 9.32. The van der Waals surface area contributed by atoms with Crippen molar-refractivity contribution in [3.63, 3.8) is 0 Å². The van der Waals surface area contributed by atoms with Gasteiger partial charge in [-0.05, 0) is 42.5 Å². The summed E-state index contributed by atoms with van der Waals surface area (Å²) in [5, 5.41) is -0.389. The fourth-order valence-corrected chi connectivity index (χ4v) is 3.77. The van der Waals surface area contributed by atoms with E-state index in [0.29, 0.717) is 11.6 Å². The van der Waals surface area contributed by atoms with Crippen LogP contribution in [0.1, 0.15) is 11.1 Å². The first-order valence-electron chi connectivity index (χ1n) is 7.83. The third kappa shape index (κ3) is 3.59. The monoisotopic (exact) mass is 406 g/mol. The summed E-state index contributed by atoms with van der Waals surface area (Å²) in [4.78, 5) is 11.4. The van der Waals surface area contributed by atoms with Crippen molar-refractivity contribution in [2.24, 2.45) is 7.05 Å². The third-order valence-electron chi connectivity index (χ3n) is 4.14.